The lowest BCUT2D eigenvalue weighted by Gasteiger charge is -2.16. The molecule has 0 fully saturated rings. The van der Waals surface area contributed by atoms with Gasteiger partial charge in [0.1, 0.15) is 11.5 Å². The SMILES string of the molecule is COc1ccc(C(Cl)c2ccc(OC)c(F)c2)c(OC)c1. The topological polar surface area (TPSA) is 27.7 Å². The lowest BCUT2D eigenvalue weighted by atomic mass is 10.0. The van der Waals surface area contributed by atoms with Crippen LogP contribution in [0.4, 0.5) is 4.39 Å². The van der Waals surface area contributed by atoms with Crippen LogP contribution in [-0.4, -0.2) is 21.3 Å². The quantitative estimate of drug-likeness (QED) is 0.775. The minimum Gasteiger partial charge on any atom is -0.497 e. The van der Waals surface area contributed by atoms with Crippen molar-refractivity contribution in [1.29, 1.82) is 0 Å². The molecule has 0 radical (unpaired) electrons. The molecule has 0 saturated heterocycles. The largest absolute Gasteiger partial charge is 0.497 e. The summed E-state index contributed by atoms with van der Waals surface area (Å²) in [6.45, 7) is 0. The highest BCUT2D eigenvalue weighted by Gasteiger charge is 2.18. The van der Waals surface area contributed by atoms with Crippen molar-refractivity contribution in [2.75, 3.05) is 21.3 Å². The van der Waals surface area contributed by atoms with Gasteiger partial charge in [0.2, 0.25) is 0 Å². The fraction of sp³-hybridized carbons (Fsp3) is 0.250. The third-order valence-corrected chi connectivity index (χ3v) is 3.67. The van der Waals surface area contributed by atoms with E-state index in [0.29, 0.717) is 17.1 Å². The van der Waals surface area contributed by atoms with Gasteiger partial charge in [0, 0.05) is 11.6 Å². The molecular weight excluding hydrogens is 295 g/mol. The van der Waals surface area contributed by atoms with E-state index < -0.39 is 11.2 Å². The molecule has 0 aliphatic carbocycles. The lowest BCUT2D eigenvalue weighted by Crippen LogP contribution is -1.99. The van der Waals surface area contributed by atoms with Crippen LogP contribution in [0.3, 0.4) is 0 Å². The summed E-state index contributed by atoms with van der Waals surface area (Å²) in [5.74, 6) is 0.989. The summed E-state index contributed by atoms with van der Waals surface area (Å²) in [6, 6.07) is 9.97. The third-order valence-electron chi connectivity index (χ3n) is 3.18. The van der Waals surface area contributed by atoms with Crippen molar-refractivity contribution in [2.45, 2.75) is 5.38 Å². The van der Waals surface area contributed by atoms with Gasteiger partial charge in [0.15, 0.2) is 11.6 Å². The molecule has 0 bridgehead atoms. The van der Waals surface area contributed by atoms with Gasteiger partial charge in [-0.05, 0) is 29.8 Å². The fourth-order valence-electron chi connectivity index (χ4n) is 2.05. The number of methoxy groups -OCH3 is 3. The summed E-state index contributed by atoms with van der Waals surface area (Å²) >= 11 is 6.45. The predicted molar refractivity (Wildman–Crippen MR) is 80.2 cm³/mol. The molecule has 5 heteroatoms. The van der Waals surface area contributed by atoms with Crippen LogP contribution in [0.15, 0.2) is 36.4 Å². The van der Waals surface area contributed by atoms with Crippen molar-refractivity contribution in [3.05, 3.63) is 53.3 Å². The maximum absolute atomic E-state index is 13.8. The molecule has 21 heavy (non-hydrogen) atoms. The molecule has 1 atom stereocenters. The van der Waals surface area contributed by atoms with Crippen LogP contribution < -0.4 is 14.2 Å². The number of hydrogen-bond acceptors (Lipinski definition) is 3. The van der Waals surface area contributed by atoms with Gasteiger partial charge in [-0.3, -0.25) is 0 Å². The molecule has 0 aliphatic rings. The molecule has 0 heterocycles. The van der Waals surface area contributed by atoms with E-state index in [-0.39, 0.29) is 5.75 Å². The van der Waals surface area contributed by atoms with Gasteiger partial charge in [-0.1, -0.05) is 6.07 Å². The Morgan fingerprint density at radius 2 is 1.62 bits per heavy atom. The molecule has 0 saturated carbocycles. The second kappa shape index (κ2) is 6.68. The number of alkyl halides is 1. The minimum absolute atomic E-state index is 0.185. The van der Waals surface area contributed by atoms with Crippen molar-refractivity contribution in [1.82, 2.24) is 0 Å². The fourth-order valence-corrected chi connectivity index (χ4v) is 2.36. The third kappa shape index (κ3) is 3.22. The molecule has 2 aromatic carbocycles. The Bertz CT molecular complexity index is 631. The first-order valence-corrected chi connectivity index (χ1v) is 6.73. The van der Waals surface area contributed by atoms with E-state index in [0.717, 1.165) is 5.56 Å². The van der Waals surface area contributed by atoms with E-state index in [1.54, 1.807) is 44.6 Å². The van der Waals surface area contributed by atoms with Crippen molar-refractivity contribution < 1.29 is 18.6 Å². The lowest BCUT2D eigenvalue weighted by molar-refractivity contribution is 0.386. The smallest absolute Gasteiger partial charge is 0.165 e. The Balaban J connectivity index is 2.39. The van der Waals surface area contributed by atoms with Crippen molar-refractivity contribution in [3.63, 3.8) is 0 Å². The van der Waals surface area contributed by atoms with E-state index >= 15 is 0 Å². The summed E-state index contributed by atoms with van der Waals surface area (Å²) in [5.41, 5.74) is 1.36. The first-order valence-electron chi connectivity index (χ1n) is 6.30. The number of benzene rings is 2. The maximum atomic E-state index is 13.8. The Kier molecular flexibility index (Phi) is 4.91. The first-order chi connectivity index (χ1) is 10.1. The average molecular weight is 311 g/mol. The van der Waals surface area contributed by atoms with E-state index in [1.807, 2.05) is 0 Å². The van der Waals surface area contributed by atoms with Gasteiger partial charge in [-0.15, -0.1) is 11.6 Å². The van der Waals surface area contributed by atoms with Crippen molar-refractivity contribution >= 4 is 11.6 Å². The normalized spacial score (nSPS) is 11.9. The molecule has 0 spiro atoms. The maximum Gasteiger partial charge on any atom is 0.165 e. The molecule has 0 amide bonds. The number of ether oxygens (including phenoxy) is 3. The summed E-state index contributed by atoms with van der Waals surface area (Å²) in [4.78, 5) is 0. The van der Waals surface area contributed by atoms with Gasteiger partial charge in [-0.25, -0.2) is 4.39 Å². The van der Waals surface area contributed by atoms with Crippen LogP contribution in [0, 0.1) is 5.82 Å². The summed E-state index contributed by atoms with van der Waals surface area (Å²) in [5, 5.41) is -0.536. The molecule has 112 valence electrons. The zero-order chi connectivity index (χ0) is 15.4. The Hall–Kier alpha value is -1.94. The summed E-state index contributed by atoms with van der Waals surface area (Å²) in [7, 11) is 4.55. The Morgan fingerprint density at radius 3 is 2.19 bits per heavy atom. The van der Waals surface area contributed by atoms with Gasteiger partial charge in [0.05, 0.1) is 26.7 Å². The molecule has 2 rings (SSSR count). The highest BCUT2D eigenvalue weighted by atomic mass is 35.5. The molecule has 2 aromatic rings. The first kappa shape index (κ1) is 15.4. The predicted octanol–water partition coefficient (Wildman–Crippen LogP) is 4.18. The number of hydrogen-bond donors (Lipinski definition) is 0. The molecule has 1 unspecified atom stereocenters. The van der Waals surface area contributed by atoms with Crippen molar-refractivity contribution in [2.24, 2.45) is 0 Å². The molecule has 0 N–H and O–H groups in total. The van der Waals surface area contributed by atoms with Gasteiger partial charge in [-0.2, -0.15) is 0 Å². The monoisotopic (exact) mass is 310 g/mol. The van der Waals surface area contributed by atoms with Crippen LogP contribution in [0.2, 0.25) is 0 Å². The summed E-state index contributed by atoms with van der Waals surface area (Å²) in [6.07, 6.45) is 0. The number of rotatable bonds is 5. The van der Waals surface area contributed by atoms with Crippen LogP contribution in [0.1, 0.15) is 16.5 Å². The second-order valence-corrected chi connectivity index (χ2v) is 4.80. The molecule has 0 aromatic heterocycles. The number of halogens is 2. The van der Waals surface area contributed by atoms with Gasteiger partial charge < -0.3 is 14.2 Å². The Morgan fingerprint density at radius 1 is 0.905 bits per heavy atom. The van der Waals surface area contributed by atoms with Crippen LogP contribution >= 0.6 is 11.6 Å². The van der Waals surface area contributed by atoms with Crippen LogP contribution in [-0.2, 0) is 0 Å². The van der Waals surface area contributed by atoms with Gasteiger partial charge in [0.25, 0.3) is 0 Å². The average Bonchev–Trinajstić information content (AvgIpc) is 2.53. The van der Waals surface area contributed by atoms with Gasteiger partial charge >= 0.3 is 0 Å². The zero-order valence-corrected chi connectivity index (χ0v) is 12.8. The van der Waals surface area contributed by atoms with E-state index in [9.17, 15) is 4.39 Å². The van der Waals surface area contributed by atoms with E-state index in [2.05, 4.69) is 0 Å². The summed E-state index contributed by atoms with van der Waals surface area (Å²) < 4.78 is 29.2. The van der Waals surface area contributed by atoms with Crippen LogP contribution in [0.5, 0.6) is 17.2 Å². The minimum atomic E-state index is -0.536. The standard InChI is InChI=1S/C16H16ClFO3/c1-19-11-5-6-12(15(9-11)21-3)16(17)10-4-7-14(20-2)13(18)8-10/h4-9,16H,1-3H3. The molecular formula is C16H16ClFO3. The molecule has 0 aliphatic heterocycles. The molecule has 3 nitrogen and oxygen atoms in total. The van der Waals surface area contributed by atoms with Crippen molar-refractivity contribution in [3.8, 4) is 17.2 Å². The second-order valence-electron chi connectivity index (χ2n) is 4.36. The zero-order valence-electron chi connectivity index (χ0n) is 12.0. The van der Waals surface area contributed by atoms with E-state index in [4.69, 9.17) is 25.8 Å². The highest BCUT2D eigenvalue weighted by molar-refractivity contribution is 6.22. The van der Waals surface area contributed by atoms with E-state index in [1.165, 1.54) is 13.2 Å². The Labute approximate surface area is 128 Å². The van der Waals surface area contributed by atoms with Crippen LogP contribution in [0.25, 0.3) is 0 Å². The highest BCUT2D eigenvalue weighted by Crippen LogP contribution is 2.38.